The Hall–Kier alpha value is -6.64. The summed E-state index contributed by atoms with van der Waals surface area (Å²) in [6.45, 7) is 5.97. The topological polar surface area (TPSA) is 159 Å². The third-order valence-corrected chi connectivity index (χ3v) is 11.9. The van der Waals surface area contributed by atoms with Crippen LogP contribution in [0.2, 0.25) is 0 Å². The number of aromatic amines is 1. The maximum atomic E-state index is 14.4. The Bertz CT molecular complexity index is 2600. The Kier molecular flexibility index (Phi) is 12.5. The molecule has 0 fully saturated rings. The van der Waals surface area contributed by atoms with Gasteiger partial charge in [0.15, 0.2) is 0 Å². The van der Waals surface area contributed by atoms with Crippen LogP contribution in [0.4, 0.5) is 15.5 Å². The van der Waals surface area contributed by atoms with Crippen LogP contribution in [-0.4, -0.2) is 58.9 Å². The fraction of sp³-hybridized carbons (Fsp3) is 0.196. The number of nitrogens with one attached hydrogen (secondary N) is 4. The molecular formula is C46H43N5O7S2. The standard InChI is InChI=1S/C46H43N5O7S2/c1-46(2,3)58-45(56)51-23-22-34-37(27-51)60-43(38(34)44(55)57-4)50-42(54)39(28-14-7-5-8-15-28)59-32-19-13-18-31(25-32)48-41(53)36(49-40(52)29-16-9-6-10-17-29)24-30-26-47-35-21-12-11-20-33(30)35/h5-21,24-26,39,47H,22-23,27H2,1-4H3,(H,48,53)(H,49,52)(H,50,54)/b36-24-. The number of amides is 4. The second-order valence-corrected chi connectivity index (χ2v) is 17.2. The van der Waals surface area contributed by atoms with Crippen molar-refractivity contribution in [2.45, 2.75) is 49.5 Å². The lowest BCUT2D eigenvalue weighted by molar-refractivity contribution is -0.116. The van der Waals surface area contributed by atoms with Crippen LogP contribution in [0.15, 0.2) is 126 Å². The van der Waals surface area contributed by atoms with Crippen LogP contribution in [0, 0.1) is 0 Å². The Morgan fingerprint density at radius 3 is 2.33 bits per heavy atom. The van der Waals surface area contributed by atoms with E-state index in [1.165, 1.54) is 30.2 Å². The van der Waals surface area contributed by atoms with Crippen molar-refractivity contribution in [2.75, 3.05) is 24.3 Å². The van der Waals surface area contributed by atoms with Crippen LogP contribution < -0.4 is 16.0 Å². The molecule has 1 atom stereocenters. The first-order chi connectivity index (χ1) is 28.9. The maximum absolute atomic E-state index is 14.4. The number of esters is 1. The first kappa shape index (κ1) is 41.5. The SMILES string of the molecule is COC(=O)c1c(NC(=O)C(Sc2cccc(NC(=O)/C(=C/c3c[nH]c4ccccc34)NC(=O)c3ccccc3)c2)c2ccccc2)sc2c1CCN(C(=O)OC(C)(C)C)C2. The zero-order valence-corrected chi connectivity index (χ0v) is 35.0. The van der Waals surface area contributed by atoms with Gasteiger partial charge in [-0.15, -0.1) is 23.1 Å². The Morgan fingerprint density at radius 2 is 1.60 bits per heavy atom. The van der Waals surface area contributed by atoms with Crippen molar-refractivity contribution >= 4 is 80.6 Å². The molecule has 7 rings (SSSR count). The molecule has 0 saturated heterocycles. The van der Waals surface area contributed by atoms with Crippen LogP contribution in [0.3, 0.4) is 0 Å². The number of rotatable bonds is 11. The zero-order valence-electron chi connectivity index (χ0n) is 33.4. The summed E-state index contributed by atoms with van der Waals surface area (Å²) >= 11 is 2.50. The van der Waals surface area contributed by atoms with Gasteiger partial charge < -0.3 is 35.3 Å². The molecule has 60 heavy (non-hydrogen) atoms. The number of aromatic nitrogens is 1. The minimum atomic E-state index is -0.789. The molecule has 14 heteroatoms. The summed E-state index contributed by atoms with van der Waals surface area (Å²) in [5.41, 5.74) is 3.49. The van der Waals surface area contributed by atoms with Gasteiger partial charge in [-0.1, -0.05) is 72.8 Å². The number of thiophene rings is 1. The number of carbonyl (C=O) groups excluding carboxylic acids is 5. The summed E-state index contributed by atoms with van der Waals surface area (Å²) in [4.78, 5) is 74.0. The summed E-state index contributed by atoms with van der Waals surface area (Å²) in [6, 6.07) is 32.6. The minimum Gasteiger partial charge on any atom is -0.465 e. The van der Waals surface area contributed by atoms with E-state index < -0.39 is 34.7 Å². The quantitative estimate of drug-likeness (QED) is 0.0571. The summed E-state index contributed by atoms with van der Waals surface area (Å²) in [6.07, 6.45) is 3.33. The number of H-pyrrole nitrogens is 1. The zero-order chi connectivity index (χ0) is 42.4. The average Bonchev–Trinajstić information content (AvgIpc) is 3.82. The monoisotopic (exact) mass is 841 g/mol. The van der Waals surface area contributed by atoms with Gasteiger partial charge in [0, 0.05) is 50.2 Å². The van der Waals surface area contributed by atoms with E-state index in [0.29, 0.717) is 45.2 Å². The number of benzene rings is 4. The van der Waals surface area contributed by atoms with Crippen LogP contribution in [0.25, 0.3) is 17.0 Å². The fourth-order valence-electron chi connectivity index (χ4n) is 6.66. The van der Waals surface area contributed by atoms with Crippen LogP contribution >= 0.6 is 23.1 Å². The molecule has 306 valence electrons. The molecule has 0 aliphatic carbocycles. The highest BCUT2D eigenvalue weighted by molar-refractivity contribution is 8.00. The number of hydrogen-bond donors (Lipinski definition) is 4. The molecule has 12 nitrogen and oxygen atoms in total. The highest BCUT2D eigenvalue weighted by Crippen LogP contribution is 2.41. The van der Waals surface area contributed by atoms with Gasteiger partial charge in [0.1, 0.15) is 21.5 Å². The van der Waals surface area contributed by atoms with Crippen molar-refractivity contribution < 1.29 is 33.4 Å². The smallest absolute Gasteiger partial charge is 0.410 e. The molecule has 3 heterocycles. The van der Waals surface area contributed by atoms with Gasteiger partial charge in [0.25, 0.3) is 11.8 Å². The molecule has 1 unspecified atom stereocenters. The number of hydrogen-bond acceptors (Lipinski definition) is 9. The molecule has 4 aromatic carbocycles. The molecule has 4 N–H and O–H groups in total. The van der Waals surface area contributed by atoms with E-state index in [-0.39, 0.29) is 23.7 Å². The second-order valence-electron chi connectivity index (χ2n) is 14.9. The van der Waals surface area contributed by atoms with Gasteiger partial charge in [-0.05, 0) is 80.8 Å². The molecular weight excluding hydrogens is 799 g/mol. The highest BCUT2D eigenvalue weighted by atomic mass is 32.2. The molecule has 0 radical (unpaired) electrons. The number of thioether (sulfide) groups is 1. The van der Waals surface area contributed by atoms with E-state index in [1.807, 2.05) is 60.7 Å². The first-order valence-electron chi connectivity index (χ1n) is 19.2. The third kappa shape index (κ3) is 9.79. The molecule has 0 bridgehead atoms. The largest absolute Gasteiger partial charge is 0.465 e. The van der Waals surface area contributed by atoms with Crippen LogP contribution in [0.1, 0.15) is 68.3 Å². The average molecular weight is 842 g/mol. The van der Waals surface area contributed by atoms with Gasteiger partial charge in [0.05, 0.1) is 19.2 Å². The number of fused-ring (bicyclic) bond motifs is 2. The van der Waals surface area contributed by atoms with Gasteiger partial charge in [0.2, 0.25) is 5.91 Å². The molecule has 0 saturated carbocycles. The number of para-hydroxylation sites is 1. The van der Waals surface area contributed by atoms with E-state index in [2.05, 4.69) is 20.9 Å². The minimum absolute atomic E-state index is 0.0301. The lowest BCUT2D eigenvalue weighted by Gasteiger charge is -2.30. The van der Waals surface area contributed by atoms with E-state index in [1.54, 1.807) is 86.5 Å². The molecule has 0 spiro atoms. The van der Waals surface area contributed by atoms with Gasteiger partial charge in [-0.3, -0.25) is 14.4 Å². The maximum Gasteiger partial charge on any atom is 0.410 e. The van der Waals surface area contributed by atoms with Crippen molar-refractivity contribution in [3.8, 4) is 0 Å². The van der Waals surface area contributed by atoms with E-state index in [0.717, 1.165) is 21.3 Å². The van der Waals surface area contributed by atoms with Crippen LogP contribution in [0.5, 0.6) is 0 Å². The van der Waals surface area contributed by atoms with E-state index in [4.69, 9.17) is 9.47 Å². The Balaban J connectivity index is 1.13. The lowest BCUT2D eigenvalue weighted by Crippen LogP contribution is -2.39. The van der Waals surface area contributed by atoms with Crippen LogP contribution in [-0.2, 0) is 32.0 Å². The Morgan fingerprint density at radius 1 is 0.883 bits per heavy atom. The summed E-state index contributed by atoms with van der Waals surface area (Å²) in [7, 11) is 1.29. The lowest BCUT2D eigenvalue weighted by atomic mass is 10.0. The summed E-state index contributed by atoms with van der Waals surface area (Å²) in [5.74, 6) is -1.97. The van der Waals surface area contributed by atoms with E-state index >= 15 is 0 Å². The number of anilines is 2. The fourth-order valence-corrected chi connectivity index (χ4v) is 9.00. The summed E-state index contributed by atoms with van der Waals surface area (Å²) in [5, 5.41) is 9.16. The first-order valence-corrected chi connectivity index (χ1v) is 20.9. The molecule has 2 aromatic heterocycles. The highest BCUT2D eigenvalue weighted by Gasteiger charge is 2.34. The van der Waals surface area contributed by atoms with Crippen molar-refractivity contribution in [1.29, 1.82) is 0 Å². The number of nitrogens with zero attached hydrogens (tertiary/aromatic N) is 1. The Labute approximate surface area is 355 Å². The normalized spacial score (nSPS) is 13.2. The predicted molar refractivity (Wildman–Crippen MR) is 235 cm³/mol. The van der Waals surface area contributed by atoms with Crippen molar-refractivity contribution in [3.05, 3.63) is 154 Å². The van der Waals surface area contributed by atoms with Gasteiger partial charge in [-0.25, -0.2) is 9.59 Å². The number of carbonyl (C=O) groups is 5. The van der Waals surface area contributed by atoms with Crippen molar-refractivity contribution in [3.63, 3.8) is 0 Å². The predicted octanol–water partition coefficient (Wildman–Crippen LogP) is 9.19. The number of methoxy groups -OCH3 is 1. The second kappa shape index (κ2) is 18.1. The van der Waals surface area contributed by atoms with Gasteiger partial charge >= 0.3 is 12.1 Å². The molecule has 1 aliphatic heterocycles. The molecule has 1 aliphatic rings. The van der Waals surface area contributed by atoms with Crippen molar-refractivity contribution in [1.82, 2.24) is 15.2 Å². The summed E-state index contributed by atoms with van der Waals surface area (Å²) < 4.78 is 10.8. The number of ether oxygens (including phenoxy) is 2. The van der Waals surface area contributed by atoms with Crippen molar-refractivity contribution in [2.24, 2.45) is 0 Å². The third-order valence-electron chi connectivity index (χ3n) is 9.47. The molecule has 6 aromatic rings. The van der Waals surface area contributed by atoms with Gasteiger partial charge in [-0.2, -0.15) is 0 Å². The molecule has 4 amide bonds. The van der Waals surface area contributed by atoms with E-state index in [9.17, 15) is 24.0 Å².